The molecule has 0 atom stereocenters. The molecule has 1 aromatic heterocycles. The Morgan fingerprint density at radius 1 is 0.293 bits per heavy atom. The minimum atomic E-state index is 0.869. The minimum absolute atomic E-state index is 0.869. The van der Waals surface area contributed by atoms with Crippen LogP contribution in [0.4, 0.5) is 17.1 Å². The van der Waals surface area contributed by atoms with Crippen LogP contribution >= 0.6 is 0 Å². The third-order valence-electron chi connectivity index (χ3n) is 11.5. The molecule has 2 nitrogen and oxygen atoms in total. The van der Waals surface area contributed by atoms with E-state index in [2.05, 4.69) is 211 Å². The van der Waals surface area contributed by atoms with Crippen LogP contribution in [0, 0.1) is 0 Å². The summed E-state index contributed by atoms with van der Waals surface area (Å²) in [5.74, 6) is 0.869. The molecule has 0 spiro atoms. The fourth-order valence-corrected chi connectivity index (χ4v) is 8.66. The normalized spacial score (nSPS) is 11.4. The highest BCUT2D eigenvalue weighted by Crippen LogP contribution is 2.44. The Kier molecular flexibility index (Phi) is 8.19. The number of rotatable bonds is 7. The van der Waals surface area contributed by atoms with Crippen molar-refractivity contribution in [3.05, 3.63) is 224 Å². The summed E-state index contributed by atoms with van der Waals surface area (Å²) in [5, 5.41) is 8.46. The molecule has 0 fully saturated rings. The summed E-state index contributed by atoms with van der Waals surface area (Å²) in [7, 11) is 0. The van der Waals surface area contributed by atoms with Crippen LogP contribution < -0.4 is 4.90 Å². The maximum atomic E-state index is 6.29. The molecule has 0 saturated carbocycles. The SMILES string of the molecule is c1cc(-c2cc3ccccc3o2)cc(-c2ccc(N(c3ccc(-c4cccc5ccccc45)cc3)c3ccc(-c4cccc5ccccc45)cc3)c3ccccc23)c1. The van der Waals surface area contributed by atoms with E-state index >= 15 is 0 Å². The second-order valence-corrected chi connectivity index (χ2v) is 14.9. The number of furan rings is 1. The van der Waals surface area contributed by atoms with Crippen LogP contribution in [0.15, 0.2) is 229 Å². The number of anilines is 3. The van der Waals surface area contributed by atoms with E-state index < -0.39 is 0 Å². The van der Waals surface area contributed by atoms with Crippen molar-refractivity contribution in [3.8, 4) is 44.7 Å². The molecule has 58 heavy (non-hydrogen) atoms. The van der Waals surface area contributed by atoms with E-state index in [0.29, 0.717) is 0 Å². The van der Waals surface area contributed by atoms with E-state index in [0.717, 1.165) is 44.9 Å². The maximum absolute atomic E-state index is 6.29. The lowest BCUT2D eigenvalue weighted by Crippen LogP contribution is -2.10. The molecule has 11 aromatic rings. The van der Waals surface area contributed by atoms with Gasteiger partial charge in [-0.15, -0.1) is 0 Å². The van der Waals surface area contributed by atoms with Gasteiger partial charge in [-0.25, -0.2) is 0 Å². The molecule has 0 saturated heterocycles. The Morgan fingerprint density at radius 3 is 1.40 bits per heavy atom. The third kappa shape index (κ3) is 5.91. The minimum Gasteiger partial charge on any atom is -0.456 e. The van der Waals surface area contributed by atoms with E-state index in [4.69, 9.17) is 4.42 Å². The van der Waals surface area contributed by atoms with Crippen LogP contribution in [0.2, 0.25) is 0 Å². The molecule has 0 aliphatic rings. The summed E-state index contributed by atoms with van der Waals surface area (Å²) in [6.07, 6.45) is 0. The third-order valence-corrected chi connectivity index (χ3v) is 11.5. The van der Waals surface area contributed by atoms with Gasteiger partial charge in [0.15, 0.2) is 0 Å². The van der Waals surface area contributed by atoms with Crippen molar-refractivity contribution in [1.29, 1.82) is 0 Å². The van der Waals surface area contributed by atoms with Crippen molar-refractivity contribution in [2.24, 2.45) is 0 Å². The first-order valence-corrected chi connectivity index (χ1v) is 19.8. The predicted molar refractivity (Wildman–Crippen MR) is 245 cm³/mol. The average molecular weight is 740 g/mol. The molecule has 2 heteroatoms. The molecule has 272 valence electrons. The number of benzene rings is 10. The summed E-state index contributed by atoms with van der Waals surface area (Å²) in [6, 6.07) is 80.7. The quantitative estimate of drug-likeness (QED) is 0.162. The van der Waals surface area contributed by atoms with Gasteiger partial charge >= 0.3 is 0 Å². The van der Waals surface area contributed by atoms with E-state index in [9.17, 15) is 0 Å². The van der Waals surface area contributed by atoms with Gasteiger partial charge in [0.25, 0.3) is 0 Å². The van der Waals surface area contributed by atoms with Gasteiger partial charge in [0.05, 0.1) is 5.69 Å². The van der Waals surface area contributed by atoms with Gasteiger partial charge in [-0.05, 0) is 109 Å². The maximum Gasteiger partial charge on any atom is 0.135 e. The predicted octanol–water partition coefficient (Wildman–Crippen LogP) is 16.0. The van der Waals surface area contributed by atoms with Gasteiger partial charge < -0.3 is 9.32 Å². The summed E-state index contributed by atoms with van der Waals surface area (Å²) in [5.41, 5.74) is 12.4. The zero-order valence-electron chi connectivity index (χ0n) is 31.7. The lowest BCUT2D eigenvalue weighted by atomic mass is 9.94. The molecule has 0 amide bonds. The highest BCUT2D eigenvalue weighted by Gasteiger charge is 2.19. The number of para-hydroxylation sites is 1. The van der Waals surface area contributed by atoms with Crippen LogP contribution in [0.25, 0.3) is 88.0 Å². The summed E-state index contributed by atoms with van der Waals surface area (Å²) in [4.78, 5) is 2.40. The lowest BCUT2D eigenvalue weighted by Gasteiger charge is -2.28. The molecular weight excluding hydrogens is 703 g/mol. The lowest BCUT2D eigenvalue weighted by molar-refractivity contribution is 0.631. The molecule has 0 N–H and O–H groups in total. The highest BCUT2D eigenvalue weighted by atomic mass is 16.3. The largest absolute Gasteiger partial charge is 0.456 e. The van der Waals surface area contributed by atoms with E-state index in [1.165, 1.54) is 60.1 Å². The molecule has 0 radical (unpaired) electrons. The first-order chi connectivity index (χ1) is 28.7. The van der Waals surface area contributed by atoms with Gasteiger partial charge in [0, 0.05) is 27.7 Å². The molecule has 0 aliphatic heterocycles. The monoisotopic (exact) mass is 739 g/mol. The van der Waals surface area contributed by atoms with Crippen LogP contribution in [0.5, 0.6) is 0 Å². The molecule has 0 bridgehead atoms. The van der Waals surface area contributed by atoms with E-state index in [1.54, 1.807) is 0 Å². The van der Waals surface area contributed by atoms with Gasteiger partial charge in [-0.2, -0.15) is 0 Å². The zero-order valence-corrected chi connectivity index (χ0v) is 31.7. The second-order valence-electron chi connectivity index (χ2n) is 14.9. The fraction of sp³-hybridized carbons (Fsp3) is 0. The first kappa shape index (κ1) is 33.6. The summed E-state index contributed by atoms with van der Waals surface area (Å²) >= 11 is 0. The van der Waals surface area contributed by atoms with Crippen molar-refractivity contribution in [3.63, 3.8) is 0 Å². The summed E-state index contributed by atoms with van der Waals surface area (Å²) < 4.78 is 6.29. The number of hydrogen-bond donors (Lipinski definition) is 0. The van der Waals surface area contributed by atoms with Crippen molar-refractivity contribution < 1.29 is 4.42 Å². The standard InChI is InChI=1S/C56H37NO/c1-4-19-47-38(12-1)15-10-23-49(47)40-26-30-45(31-27-40)57(46-32-28-41(29-33-46)50-24-11-16-39-13-2-5-20-48(39)50)54-35-34-51(52-21-6-7-22-53(52)54)42-17-9-18-43(36-42)56-37-44-14-3-8-25-55(44)58-56/h1-37H. The van der Waals surface area contributed by atoms with Crippen molar-refractivity contribution in [2.75, 3.05) is 4.90 Å². The molecule has 11 rings (SSSR count). The number of nitrogens with zero attached hydrogens (tertiary/aromatic N) is 1. The fourth-order valence-electron chi connectivity index (χ4n) is 8.66. The van der Waals surface area contributed by atoms with E-state index in [1.807, 2.05) is 18.2 Å². The van der Waals surface area contributed by atoms with Crippen molar-refractivity contribution in [1.82, 2.24) is 0 Å². The smallest absolute Gasteiger partial charge is 0.135 e. The Bertz CT molecular complexity index is 3120. The Hall–Kier alpha value is -7.68. The van der Waals surface area contributed by atoms with Crippen LogP contribution in [0.1, 0.15) is 0 Å². The topological polar surface area (TPSA) is 16.4 Å². The zero-order chi connectivity index (χ0) is 38.4. The second kappa shape index (κ2) is 14.1. The van der Waals surface area contributed by atoms with Gasteiger partial charge in [0.1, 0.15) is 11.3 Å². The molecule has 1 heterocycles. The Morgan fingerprint density at radius 2 is 0.776 bits per heavy atom. The first-order valence-electron chi connectivity index (χ1n) is 19.8. The van der Waals surface area contributed by atoms with Crippen LogP contribution in [-0.2, 0) is 0 Å². The van der Waals surface area contributed by atoms with Crippen molar-refractivity contribution in [2.45, 2.75) is 0 Å². The Balaban J connectivity index is 1.04. The average Bonchev–Trinajstić information content (AvgIpc) is 3.74. The van der Waals surface area contributed by atoms with Gasteiger partial charge in [-0.1, -0.05) is 176 Å². The van der Waals surface area contributed by atoms with Gasteiger partial charge in [0.2, 0.25) is 0 Å². The molecule has 10 aromatic carbocycles. The molecule has 0 unspecified atom stereocenters. The molecular formula is C56H37NO. The van der Waals surface area contributed by atoms with Crippen molar-refractivity contribution >= 4 is 60.3 Å². The molecule has 0 aliphatic carbocycles. The number of hydrogen-bond acceptors (Lipinski definition) is 2. The van der Waals surface area contributed by atoms with Crippen LogP contribution in [-0.4, -0.2) is 0 Å². The highest BCUT2D eigenvalue weighted by molar-refractivity contribution is 6.07. The summed E-state index contributed by atoms with van der Waals surface area (Å²) in [6.45, 7) is 0. The van der Waals surface area contributed by atoms with Crippen LogP contribution in [0.3, 0.4) is 0 Å². The Labute approximate surface area is 337 Å². The number of fused-ring (bicyclic) bond motifs is 4. The van der Waals surface area contributed by atoms with Gasteiger partial charge in [-0.3, -0.25) is 0 Å². The van der Waals surface area contributed by atoms with E-state index in [-0.39, 0.29) is 0 Å².